The molecule has 0 radical (unpaired) electrons. The number of fused-ring (bicyclic) bond motifs is 1. The highest BCUT2D eigenvalue weighted by Crippen LogP contribution is 2.19. The van der Waals surface area contributed by atoms with Crippen LogP contribution in [0.4, 0.5) is 0 Å². The molecule has 0 saturated heterocycles. The number of hydrogen-bond donors (Lipinski definition) is 1. The summed E-state index contributed by atoms with van der Waals surface area (Å²) in [5, 5.41) is 4.76. The van der Waals surface area contributed by atoms with Crippen LogP contribution in [0.3, 0.4) is 0 Å². The predicted octanol–water partition coefficient (Wildman–Crippen LogP) is 3.22. The van der Waals surface area contributed by atoms with Gasteiger partial charge in [-0.15, -0.1) is 0 Å². The summed E-state index contributed by atoms with van der Waals surface area (Å²) in [6.07, 6.45) is 1.60. The van der Waals surface area contributed by atoms with E-state index < -0.39 is 0 Å². The van der Waals surface area contributed by atoms with Crippen LogP contribution in [0.1, 0.15) is 21.5 Å². The second kappa shape index (κ2) is 5.47. The molecule has 0 atom stereocenters. The summed E-state index contributed by atoms with van der Waals surface area (Å²) >= 11 is 5.86. The minimum absolute atomic E-state index is 0.240. The third-order valence-corrected chi connectivity index (χ3v) is 3.54. The molecule has 0 unspecified atom stereocenters. The van der Waals surface area contributed by atoms with Crippen LogP contribution >= 0.6 is 11.6 Å². The topological polar surface area (TPSA) is 41.5 Å². The fourth-order valence-electron chi connectivity index (χ4n) is 2.31. The van der Waals surface area contributed by atoms with Crippen LogP contribution in [0.25, 0.3) is 0 Å². The molecule has 3 nitrogen and oxygen atoms in total. The summed E-state index contributed by atoms with van der Waals surface area (Å²) in [5.74, 6) is -0.240. The van der Waals surface area contributed by atoms with E-state index in [2.05, 4.69) is 22.7 Å². The predicted molar refractivity (Wildman–Crippen MR) is 80.2 cm³/mol. The van der Waals surface area contributed by atoms with Gasteiger partial charge in [-0.3, -0.25) is 4.79 Å². The van der Waals surface area contributed by atoms with Crippen LogP contribution < -0.4 is 5.43 Å². The lowest BCUT2D eigenvalue weighted by Crippen LogP contribution is -2.19. The van der Waals surface area contributed by atoms with Crippen molar-refractivity contribution < 1.29 is 4.79 Å². The van der Waals surface area contributed by atoms with Crippen LogP contribution in [0.2, 0.25) is 5.02 Å². The summed E-state index contributed by atoms with van der Waals surface area (Å²) in [6.45, 7) is 0. The highest BCUT2D eigenvalue weighted by molar-refractivity contribution is 6.30. The number of nitrogens with one attached hydrogen (secondary N) is 1. The quantitative estimate of drug-likeness (QED) is 0.845. The van der Waals surface area contributed by atoms with Crippen molar-refractivity contribution in [3.8, 4) is 0 Å². The molecule has 1 aliphatic carbocycles. The Hall–Kier alpha value is -2.13. The average Bonchev–Trinajstić information content (AvgIpc) is 2.87. The van der Waals surface area contributed by atoms with Crippen LogP contribution in [-0.4, -0.2) is 11.6 Å². The molecular formula is C16H13ClN2O. The summed E-state index contributed by atoms with van der Waals surface area (Å²) < 4.78 is 0. The smallest absolute Gasteiger partial charge is 0.267 e. The number of benzene rings is 2. The van der Waals surface area contributed by atoms with Crippen molar-refractivity contribution in [2.45, 2.75) is 12.8 Å². The van der Waals surface area contributed by atoms with Gasteiger partial charge in [0, 0.05) is 29.1 Å². The molecule has 0 saturated carbocycles. The number of hydrazone groups is 1. The minimum atomic E-state index is -0.240. The van der Waals surface area contributed by atoms with E-state index in [4.69, 9.17) is 11.6 Å². The Morgan fingerprint density at radius 3 is 2.40 bits per heavy atom. The van der Waals surface area contributed by atoms with Crippen molar-refractivity contribution in [3.63, 3.8) is 0 Å². The van der Waals surface area contributed by atoms with E-state index in [-0.39, 0.29) is 5.91 Å². The molecule has 0 fully saturated rings. The van der Waals surface area contributed by atoms with Crippen LogP contribution in [-0.2, 0) is 12.8 Å². The van der Waals surface area contributed by atoms with E-state index in [0.29, 0.717) is 10.6 Å². The molecule has 2 aromatic carbocycles. The second-order valence-electron chi connectivity index (χ2n) is 4.75. The lowest BCUT2D eigenvalue weighted by molar-refractivity contribution is 0.0954. The van der Waals surface area contributed by atoms with Gasteiger partial charge in [0.1, 0.15) is 0 Å². The second-order valence-corrected chi connectivity index (χ2v) is 5.19. The molecule has 0 aromatic heterocycles. The molecule has 0 bridgehead atoms. The number of amides is 1. The largest absolute Gasteiger partial charge is 0.271 e. The first-order valence-electron chi connectivity index (χ1n) is 6.40. The maximum Gasteiger partial charge on any atom is 0.271 e. The summed E-state index contributed by atoms with van der Waals surface area (Å²) in [6, 6.07) is 15.0. The maximum absolute atomic E-state index is 11.9. The van der Waals surface area contributed by atoms with E-state index in [1.165, 1.54) is 11.1 Å². The number of carbonyl (C=O) groups excluding carboxylic acids is 1. The molecule has 0 spiro atoms. The van der Waals surface area contributed by atoms with Crippen LogP contribution in [0.15, 0.2) is 53.6 Å². The Bertz CT molecular complexity index is 667. The fourth-order valence-corrected chi connectivity index (χ4v) is 2.50. The molecule has 1 aliphatic rings. The van der Waals surface area contributed by atoms with Crippen LogP contribution in [0.5, 0.6) is 0 Å². The van der Waals surface area contributed by atoms with Gasteiger partial charge in [-0.25, -0.2) is 5.43 Å². The van der Waals surface area contributed by atoms with Crippen molar-refractivity contribution >= 4 is 23.2 Å². The van der Waals surface area contributed by atoms with Crippen molar-refractivity contribution in [1.29, 1.82) is 0 Å². The van der Waals surface area contributed by atoms with Gasteiger partial charge < -0.3 is 0 Å². The average molecular weight is 285 g/mol. The van der Waals surface area contributed by atoms with Crippen molar-refractivity contribution in [2.75, 3.05) is 0 Å². The SMILES string of the molecule is O=C(NN=C1Cc2ccccc2C1)c1cccc(Cl)c1. The number of hydrogen-bond acceptors (Lipinski definition) is 2. The van der Waals surface area contributed by atoms with Gasteiger partial charge in [-0.05, 0) is 29.3 Å². The summed E-state index contributed by atoms with van der Waals surface area (Å²) in [5.41, 5.74) is 6.64. The van der Waals surface area contributed by atoms with Gasteiger partial charge >= 0.3 is 0 Å². The molecular weight excluding hydrogens is 272 g/mol. The summed E-state index contributed by atoms with van der Waals surface area (Å²) in [7, 11) is 0. The zero-order valence-corrected chi connectivity index (χ0v) is 11.5. The monoisotopic (exact) mass is 284 g/mol. The highest BCUT2D eigenvalue weighted by atomic mass is 35.5. The Kier molecular flexibility index (Phi) is 3.52. The van der Waals surface area contributed by atoms with E-state index >= 15 is 0 Å². The number of nitrogens with zero attached hydrogens (tertiary/aromatic N) is 1. The zero-order valence-electron chi connectivity index (χ0n) is 10.8. The maximum atomic E-state index is 11.9. The third-order valence-electron chi connectivity index (χ3n) is 3.31. The van der Waals surface area contributed by atoms with Crippen molar-refractivity contribution in [1.82, 2.24) is 5.43 Å². The number of carbonyl (C=O) groups is 1. The fraction of sp³-hybridized carbons (Fsp3) is 0.125. The normalized spacial score (nSPS) is 12.9. The standard InChI is InChI=1S/C16H13ClN2O/c17-14-7-3-6-13(8-14)16(20)19-18-15-9-11-4-1-2-5-12(11)10-15/h1-8H,9-10H2,(H,19,20). The van der Waals surface area contributed by atoms with E-state index in [1.54, 1.807) is 24.3 Å². The van der Waals surface area contributed by atoms with Gasteiger partial charge in [-0.1, -0.05) is 41.9 Å². The molecule has 20 heavy (non-hydrogen) atoms. The lowest BCUT2D eigenvalue weighted by atomic mass is 10.1. The Morgan fingerprint density at radius 2 is 1.75 bits per heavy atom. The van der Waals surface area contributed by atoms with Gasteiger partial charge in [0.2, 0.25) is 0 Å². The van der Waals surface area contributed by atoms with Gasteiger partial charge in [0.05, 0.1) is 0 Å². The summed E-state index contributed by atoms with van der Waals surface area (Å²) in [4.78, 5) is 11.9. The first-order chi connectivity index (χ1) is 9.72. The van der Waals surface area contributed by atoms with Crippen LogP contribution in [0, 0.1) is 0 Å². The van der Waals surface area contributed by atoms with Gasteiger partial charge in [0.15, 0.2) is 0 Å². The minimum Gasteiger partial charge on any atom is -0.267 e. The molecule has 4 heteroatoms. The Labute approximate surface area is 122 Å². The first-order valence-corrected chi connectivity index (χ1v) is 6.78. The Balaban J connectivity index is 1.69. The lowest BCUT2D eigenvalue weighted by Gasteiger charge is -2.01. The van der Waals surface area contributed by atoms with Gasteiger partial charge in [0.25, 0.3) is 5.91 Å². The first kappa shape index (κ1) is 12.9. The number of rotatable bonds is 2. The molecule has 100 valence electrons. The molecule has 3 rings (SSSR count). The molecule has 0 heterocycles. The molecule has 1 amide bonds. The number of halogens is 1. The molecule has 1 N–H and O–H groups in total. The molecule has 2 aromatic rings. The highest BCUT2D eigenvalue weighted by Gasteiger charge is 2.16. The molecule has 0 aliphatic heterocycles. The van der Waals surface area contributed by atoms with Crippen molar-refractivity contribution in [3.05, 3.63) is 70.2 Å². The van der Waals surface area contributed by atoms with E-state index in [9.17, 15) is 4.79 Å². The van der Waals surface area contributed by atoms with Crippen molar-refractivity contribution in [2.24, 2.45) is 5.10 Å². The van der Waals surface area contributed by atoms with E-state index in [1.807, 2.05) is 12.1 Å². The Morgan fingerprint density at radius 1 is 1.05 bits per heavy atom. The third kappa shape index (κ3) is 2.73. The zero-order chi connectivity index (χ0) is 13.9. The van der Waals surface area contributed by atoms with E-state index in [0.717, 1.165) is 18.6 Å². The van der Waals surface area contributed by atoms with Gasteiger partial charge in [-0.2, -0.15) is 5.10 Å².